The Morgan fingerprint density at radius 3 is 2.83 bits per heavy atom. The molecule has 1 aliphatic rings. The first-order valence-electron chi connectivity index (χ1n) is 7.80. The molecule has 1 fully saturated rings. The largest absolute Gasteiger partial charge is 0.350 e. The number of carbonyl (C=O) groups excluding carboxylic acids is 1. The Kier molecular flexibility index (Phi) is 4.53. The fourth-order valence-corrected chi connectivity index (χ4v) is 2.73. The van der Waals surface area contributed by atoms with Crippen molar-refractivity contribution >= 4 is 23.6 Å². The van der Waals surface area contributed by atoms with Crippen molar-refractivity contribution < 1.29 is 4.79 Å². The highest BCUT2D eigenvalue weighted by molar-refractivity contribution is 6.31. The minimum atomic E-state index is -0.0369. The number of nitrogens with zero attached hydrogens (tertiary/aromatic N) is 2. The van der Waals surface area contributed by atoms with Crippen molar-refractivity contribution in [3.63, 3.8) is 0 Å². The fourth-order valence-electron chi connectivity index (χ4n) is 2.53. The summed E-state index contributed by atoms with van der Waals surface area (Å²) < 4.78 is 1.93. The number of hydrogen-bond donors (Lipinski definition) is 1. The van der Waals surface area contributed by atoms with Gasteiger partial charge in [-0.3, -0.25) is 9.48 Å². The predicted molar refractivity (Wildman–Crippen MR) is 92.5 cm³/mol. The van der Waals surface area contributed by atoms with E-state index in [9.17, 15) is 4.79 Å². The number of halogens is 1. The van der Waals surface area contributed by atoms with Crippen molar-refractivity contribution in [1.29, 1.82) is 0 Å². The molecule has 0 unspecified atom stereocenters. The first-order chi connectivity index (χ1) is 11.0. The molecule has 1 N–H and O–H groups in total. The van der Waals surface area contributed by atoms with E-state index in [4.69, 9.17) is 11.6 Å². The molecule has 5 heteroatoms. The average molecular weight is 330 g/mol. The number of carbonyl (C=O) groups is 1. The Bertz CT molecular complexity index is 760. The fraction of sp³-hybridized carbons (Fsp3) is 0.333. The standard InChI is InChI=1S/C18H20ClN3O/c1-12-16(9-10-18(23)20-15-7-8-15)13(2)22(21-12)11-14-5-3-4-6-17(14)19/h3-6,9-10,15H,7-8,11H2,1-2H3,(H,20,23)/b10-9+. The maximum Gasteiger partial charge on any atom is 0.244 e. The van der Waals surface area contributed by atoms with Crippen LogP contribution in [0.3, 0.4) is 0 Å². The minimum Gasteiger partial charge on any atom is -0.350 e. The molecule has 1 aromatic carbocycles. The smallest absolute Gasteiger partial charge is 0.244 e. The lowest BCUT2D eigenvalue weighted by atomic mass is 10.1. The highest BCUT2D eigenvalue weighted by atomic mass is 35.5. The van der Waals surface area contributed by atoms with Crippen LogP contribution >= 0.6 is 11.6 Å². The van der Waals surface area contributed by atoms with E-state index >= 15 is 0 Å². The molecule has 1 aliphatic carbocycles. The third-order valence-electron chi connectivity index (χ3n) is 4.04. The van der Waals surface area contributed by atoms with Gasteiger partial charge >= 0.3 is 0 Å². The number of nitrogens with one attached hydrogen (secondary N) is 1. The van der Waals surface area contributed by atoms with E-state index in [0.29, 0.717) is 12.6 Å². The molecule has 1 aromatic heterocycles. The number of hydrogen-bond acceptors (Lipinski definition) is 2. The zero-order chi connectivity index (χ0) is 16.4. The van der Waals surface area contributed by atoms with E-state index in [-0.39, 0.29) is 5.91 Å². The summed E-state index contributed by atoms with van der Waals surface area (Å²) in [4.78, 5) is 11.8. The Labute approximate surface area is 141 Å². The summed E-state index contributed by atoms with van der Waals surface area (Å²) >= 11 is 6.22. The summed E-state index contributed by atoms with van der Waals surface area (Å²) in [5.74, 6) is -0.0369. The van der Waals surface area contributed by atoms with Gasteiger partial charge in [-0.25, -0.2) is 0 Å². The second-order valence-corrected chi connectivity index (χ2v) is 6.36. The van der Waals surface area contributed by atoms with Gasteiger partial charge in [-0.05, 0) is 44.4 Å². The summed E-state index contributed by atoms with van der Waals surface area (Å²) in [6.07, 6.45) is 5.62. The number of benzene rings is 1. The molecule has 1 heterocycles. The van der Waals surface area contributed by atoms with E-state index in [1.54, 1.807) is 6.08 Å². The SMILES string of the molecule is Cc1nn(Cc2ccccc2Cl)c(C)c1/C=C/C(=O)NC1CC1. The van der Waals surface area contributed by atoms with Gasteiger partial charge in [0.2, 0.25) is 5.91 Å². The maximum atomic E-state index is 11.8. The number of aryl methyl sites for hydroxylation is 1. The normalized spacial score (nSPS) is 14.4. The highest BCUT2D eigenvalue weighted by Crippen LogP contribution is 2.21. The Balaban J connectivity index is 1.77. The van der Waals surface area contributed by atoms with Gasteiger partial charge in [0.1, 0.15) is 0 Å². The van der Waals surface area contributed by atoms with Crippen LogP contribution in [-0.4, -0.2) is 21.7 Å². The molecular formula is C18H20ClN3O. The zero-order valence-electron chi connectivity index (χ0n) is 13.3. The van der Waals surface area contributed by atoms with Gasteiger partial charge < -0.3 is 5.32 Å². The zero-order valence-corrected chi connectivity index (χ0v) is 14.1. The molecule has 0 saturated heterocycles. The second kappa shape index (κ2) is 6.59. The Morgan fingerprint density at radius 1 is 1.39 bits per heavy atom. The molecule has 2 aromatic rings. The van der Waals surface area contributed by atoms with E-state index < -0.39 is 0 Å². The van der Waals surface area contributed by atoms with Crippen LogP contribution in [0.15, 0.2) is 30.3 Å². The first-order valence-corrected chi connectivity index (χ1v) is 8.18. The number of rotatable bonds is 5. The van der Waals surface area contributed by atoms with Gasteiger partial charge in [-0.1, -0.05) is 29.8 Å². The third-order valence-corrected chi connectivity index (χ3v) is 4.41. The molecular weight excluding hydrogens is 310 g/mol. The highest BCUT2D eigenvalue weighted by Gasteiger charge is 2.22. The molecule has 0 atom stereocenters. The number of aromatic nitrogens is 2. The van der Waals surface area contributed by atoms with E-state index in [1.165, 1.54) is 0 Å². The maximum absolute atomic E-state index is 11.8. The van der Waals surface area contributed by atoms with Gasteiger partial charge in [0.15, 0.2) is 0 Å². The van der Waals surface area contributed by atoms with Gasteiger partial charge in [-0.15, -0.1) is 0 Å². The molecule has 3 rings (SSSR count). The summed E-state index contributed by atoms with van der Waals surface area (Å²) in [5.41, 5.74) is 3.95. The van der Waals surface area contributed by atoms with Crippen LogP contribution in [0.5, 0.6) is 0 Å². The van der Waals surface area contributed by atoms with Gasteiger partial charge in [0.05, 0.1) is 12.2 Å². The van der Waals surface area contributed by atoms with E-state index in [1.807, 2.05) is 48.9 Å². The molecule has 1 amide bonds. The summed E-state index contributed by atoms with van der Waals surface area (Å²) in [6, 6.07) is 8.13. The molecule has 120 valence electrons. The molecule has 23 heavy (non-hydrogen) atoms. The van der Waals surface area contributed by atoms with Crippen molar-refractivity contribution in [2.45, 2.75) is 39.3 Å². The van der Waals surface area contributed by atoms with E-state index in [2.05, 4.69) is 10.4 Å². The molecule has 0 bridgehead atoms. The van der Waals surface area contributed by atoms with Gasteiger partial charge in [0.25, 0.3) is 0 Å². The lowest BCUT2D eigenvalue weighted by Gasteiger charge is -2.06. The monoisotopic (exact) mass is 329 g/mol. The topological polar surface area (TPSA) is 46.9 Å². The quantitative estimate of drug-likeness (QED) is 0.853. The van der Waals surface area contributed by atoms with E-state index in [0.717, 1.165) is 40.4 Å². The second-order valence-electron chi connectivity index (χ2n) is 5.95. The van der Waals surface area contributed by atoms with Crippen LogP contribution in [0.25, 0.3) is 6.08 Å². The Morgan fingerprint density at radius 2 is 2.13 bits per heavy atom. The summed E-state index contributed by atoms with van der Waals surface area (Å²) in [7, 11) is 0. The van der Waals surface area contributed by atoms with Crippen LogP contribution in [0.2, 0.25) is 5.02 Å². The van der Waals surface area contributed by atoms with Crippen LogP contribution in [-0.2, 0) is 11.3 Å². The summed E-state index contributed by atoms with van der Waals surface area (Å²) in [5, 5.41) is 8.26. The van der Waals surface area contributed by atoms with Crippen molar-refractivity contribution in [3.05, 3.63) is 57.9 Å². The van der Waals surface area contributed by atoms with Crippen LogP contribution in [0, 0.1) is 13.8 Å². The van der Waals surface area contributed by atoms with Gasteiger partial charge in [-0.2, -0.15) is 5.10 Å². The summed E-state index contributed by atoms with van der Waals surface area (Å²) in [6.45, 7) is 4.58. The first kappa shape index (κ1) is 15.8. The molecule has 0 spiro atoms. The Hall–Kier alpha value is -2.07. The molecule has 1 saturated carbocycles. The third kappa shape index (κ3) is 3.82. The van der Waals surface area contributed by atoms with Gasteiger partial charge in [0, 0.05) is 28.4 Å². The van der Waals surface area contributed by atoms with Crippen LogP contribution in [0.4, 0.5) is 0 Å². The van der Waals surface area contributed by atoms with Crippen molar-refractivity contribution in [3.8, 4) is 0 Å². The lowest BCUT2D eigenvalue weighted by molar-refractivity contribution is -0.116. The van der Waals surface area contributed by atoms with Crippen molar-refractivity contribution in [2.75, 3.05) is 0 Å². The van der Waals surface area contributed by atoms with Crippen molar-refractivity contribution in [1.82, 2.24) is 15.1 Å². The average Bonchev–Trinajstić information content (AvgIpc) is 3.28. The van der Waals surface area contributed by atoms with Crippen molar-refractivity contribution in [2.24, 2.45) is 0 Å². The molecule has 0 aliphatic heterocycles. The van der Waals surface area contributed by atoms with Crippen LogP contribution < -0.4 is 5.32 Å². The predicted octanol–water partition coefficient (Wildman–Crippen LogP) is 3.49. The minimum absolute atomic E-state index is 0.0369. The molecule has 4 nitrogen and oxygen atoms in total. The molecule has 0 radical (unpaired) electrons. The van der Waals surface area contributed by atoms with Crippen LogP contribution in [0.1, 0.15) is 35.4 Å². The lowest BCUT2D eigenvalue weighted by Crippen LogP contribution is -2.22. The number of amides is 1.